The highest BCUT2D eigenvalue weighted by Crippen LogP contribution is 2.23. The number of methoxy groups -OCH3 is 1. The van der Waals surface area contributed by atoms with Gasteiger partial charge in [0.05, 0.1) is 18.9 Å². The highest BCUT2D eigenvalue weighted by molar-refractivity contribution is 9.10. The van der Waals surface area contributed by atoms with Crippen LogP contribution in [0.1, 0.15) is 15.9 Å². The standard InChI is InChI=1S/C13H10BrFO3/c1-17-11-4-2-3-8(12(11)15)7-10(16)9-5-6-18-13(9)14/h2-6H,7H2,1H3. The molecule has 0 fully saturated rings. The zero-order valence-corrected chi connectivity index (χ0v) is 11.2. The van der Waals surface area contributed by atoms with Crippen molar-refractivity contribution in [2.45, 2.75) is 6.42 Å². The molecule has 0 aliphatic carbocycles. The van der Waals surface area contributed by atoms with Gasteiger partial charge in [-0.1, -0.05) is 12.1 Å². The monoisotopic (exact) mass is 312 g/mol. The third-order valence-corrected chi connectivity index (χ3v) is 3.15. The molecule has 0 atom stereocenters. The van der Waals surface area contributed by atoms with E-state index in [1.807, 2.05) is 0 Å². The summed E-state index contributed by atoms with van der Waals surface area (Å²) in [6.45, 7) is 0. The molecule has 5 heteroatoms. The van der Waals surface area contributed by atoms with Crippen LogP contribution in [0.5, 0.6) is 5.75 Å². The fourth-order valence-electron chi connectivity index (χ4n) is 1.61. The van der Waals surface area contributed by atoms with E-state index >= 15 is 0 Å². The maximum absolute atomic E-state index is 13.9. The summed E-state index contributed by atoms with van der Waals surface area (Å²) in [4.78, 5) is 12.0. The number of furan rings is 1. The van der Waals surface area contributed by atoms with E-state index in [0.717, 1.165) is 0 Å². The quantitative estimate of drug-likeness (QED) is 0.810. The van der Waals surface area contributed by atoms with Crippen LogP contribution in [-0.2, 0) is 6.42 Å². The molecule has 2 aromatic rings. The molecule has 0 amide bonds. The SMILES string of the molecule is COc1cccc(CC(=O)c2ccoc2Br)c1F. The molecular weight excluding hydrogens is 303 g/mol. The molecule has 0 unspecified atom stereocenters. The molecule has 1 heterocycles. The fraction of sp³-hybridized carbons (Fsp3) is 0.154. The lowest BCUT2D eigenvalue weighted by atomic mass is 10.0. The third-order valence-electron chi connectivity index (χ3n) is 2.53. The van der Waals surface area contributed by atoms with Crippen molar-refractivity contribution in [3.05, 3.63) is 52.1 Å². The minimum atomic E-state index is -0.507. The van der Waals surface area contributed by atoms with E-state index in [0.29, 0.717) is 15.8 Å². The normalized spacial score (nSPS) is 10.4. The summed E-state index contributed by atoms with van der Waals surface area (Å²) in [7, 11) is 1.39. The Morgan fingerprint density at radius 2 is 2.22 bits per heavy atom. The van der Waals surface area contributed by atoms with Crippen LogP contribution < -0.4 is 4.74 Å². The third kappa shape index (κ3) is 2.46. The van der Waals surface area contributed by atoms with Crippen LogP contribution in [0.2, 0.25) is 0 Å². The Balaban J connectivity index is 2.25. The van der Waals surface area contributed by atoms with Gasteiger partial charge in [0.1, 0.15) is 0 Å². The number of ether oxygens (including phenoxy) is 1. The predicted octanol–water partition coefficient (Wildman–Crippen LogP) is 3.62. The van der Waals surface area contributed by atoms with Gasteiger partial charge in [0, 0.05) is 6.42 Å². The van der Waals surface area contributed by atoms with Crippen molar-refractivity contribution >= 4 is 21.7 Å². The van der Waals surface area contributed by atoms with Crippen LogP contribution in [0.3, 0.4) is 0 Å². The predicted molar refractivity (Wildman–Crippen MR) is 67.4 cm³/mol. The molecule has 0 N–H and O–H groups in total. The summed E-state index contributed by atoms with van der Waals surface area (Å²) >= 11 is 3.12. The number of Topliss-reactive ketones (excluding diaryl/α,β-unsaturated/α-hetero) is 1. The molecule has 18 heavy (non-hydrogen) atoms. The first kappa shape index (κ1) is 12.8. The van der Waals surface area contributed by atoms with Crippen molar-refractivity contribution in [3.8, 4) is 5.75 Å². The molecule has 0 saturated heterocycles. The number of benzene rings is 1. The van der Waals surface area contributed by atoms with Gasteiger partial charge >= 0.3 is 0 Å². The molecular formula is C13H10BrFO3. The minimum absolute atomic E-state index is 0.0405. The van der Waals surface area contributed by atoms with E-state index in [2.05, 4.69) is 15.9 Å². The van der Waals surface area contributed by atoms with Gasteiger partial charge in [-0.25, -0.2) is 4.39 Å². The first-order chi connectivity index (χ1) is 8.63. The topological polar surface area (TPSA) is 39.4 Å². The largest absolute Gasteiger partial charge is 0.494 e. The zero-order valence-electron chi connectivity index (χ0n) is 9.57. The smallest absolute Gasteiger partial charge is 0.179 e. The molecule has 0 aliphatic heterocycles. The lowest BCUT2D eigenvalue weighted by molar-refractivity contribution is 0.0990. The number of halogens is 2. The van der Waals surface area contributed by atoms with Crippen LogP contribution in [0, 0.1) is 5.82 Å². The fourth-order valence-corrected chi connectivity index (χ4v) is 2.07. The van der Waals surface area contributed by atoms with E-state index in [9.17, 15) is 9.18 Å². The number of carbonyl (C=O) groups is 1. The van der Waals surface area contributed by atoms with Gasteiger partial charge in [0.15, 0.2) is 22.0 Å². The molecule has 0 aliphatic rings. The first-order valence-electron chi connectivity index (χ1n) is 5.21. The summed E-state index contributed by atoms with van der Waals surface area (Å²) in [5.74, 6) is -0.595. The summed E-state index contributed by atoms with van der Waals surface area (Å²) in [5, 5.41) is 0. The minimum Gasteiger partial charge on any atom is -0.494 e. The van der Waals surface area contributed by atoms with Gasteiger partial charge < -0.3 is 9.15 Å². The van der Waals surface area contributed by atoms with Gasteiger partial charge in [-0.2, -0.15) is 0 Å². The van der Waals surface area contributed by atoms with Crippen molar-refractivity contribution < 1.29 is 18.3 Å². The van der Waals surface area contributed by atoms with Gasteiger partial charge in [-0.05, 0) is 33.6 Å². The summed E-state index contributed by atoms with van der Waals surface area (Å²) in [5.41, 5.74) is 0.699. The number of hydrogen-bond acceptors (Lipinski definition) is 3. The van der Waals surface area contributed by atoms with E-state index < -0.39 is 5.82 Å². The molecule has 1 aromatic heterocycles. The van der Waals surface area contributed by atoms with Gasteiger partial charge in [0.25, 0.3) is 0 Å². The summed E-state index contributed by atoms with van der Waals surface area (Å²) < 4.78 is 24.1. The maximum atomic E-state index is 13.9. The molecule has 0 radical (unpaired) electrons. The molecule has 1 aromatic carbocycles. The van der Waals surface area contributed by atoms with Gasteiger partial charge in [-0.3, -0.25) is 4.79 Å². The van der Waals surface area contributed by atoms with Crippen molar-refractivity contribution in [3.63, 3.8) is 0 Å². The molecule has 3 nitrogen and oxygen atoms in total. The Bertz CT molecular complexity index is 577. The lowest BCUT2D eigenvalue weighted by Crippen LogP contribution is -2.05. The molecule has 0 saturated carbocycles. The van der Waals surface area contributed by atoms with Gasteiger partial charge in [0.2, 0.25) is 0 Å². The van der Waals surface area contributed by atoms with Crippen molar-refractivity contribution in [1.29, 1.82) is 0 Å². The summed E-state index contributed by atoms with van der Waals surface area (Å²) in [6, 6.07) is 6.26. The number of rotatable bonds is 4. The zero-order chi connectivity index (χ0) is 13.1. The number of hydrogen-bond donors (Lipinski definition) is 0. The van der Waals surface area contributed by atoms with Crippen LogP contribution in [0.4, 0.5) is 4.39 Å². The van der Waals surface area contributed by atoms with Crippen LogP contribution in [-0.4, -0.2) is 12.9 Å². The molecule has 94 valence electrons. The Morgan fingerprint density at radius 1 is 1.44 bits per heavy atom. The van der Waals surface area contributed by atoms with Crippen LogP contribution >= 0.6 is 15.9 Å². The van der Waals surface area contributed by atoms with E-state index in [1.165, 1.54) is 19.4 Å². The molecule has 0 spiro atoms. The second-order valence-corrected chi connectivity index (χ2v) is 4.36. The van der Waals surface area contributed by atoms with E-state index in [-0.39, 0.29) is 18.0 Å². The van der Waals surface area contributed by atoms with E-state index in [4.69, 9.17) is 9.15 Å². The molecule has 2 rings (SSSR count). The van der Waals surface area contributed by atoms with Crippen molar-refractivity contribution in [1.82, 2.24) is 0 Å². The first-order valence-corrected chi connectivity index (χ1v) is 6.00. The maximum Gasteiger partial charge on any atom is 0.179 e. The lowest BCUT2D eigenvalue weighted by Gasteiger charge is -2.06. The Hall–Kier alpha value is -1.62. The van der Waals surface area contributed by atoms with Crippen molar-refractivity contribution in [2.75, 3.05) is 7.11 Å². The Labute approximate surface area is 112 Å². The van der Waals surface area contributed by atoms with Crippen LogP contribution in [0.15, 0.2) is 39.6 Å². The average Bonchev–Trinajstić information content (AvgIpc) is 2.78. The number of ketones is 1. The highest BCUT2D eigenvalue weighted by Gasteiger charge is 2.16. The Kier molecular flexibility index (Phi) is 3.81. The van der Waals surface area contributed by atoms with Crippen molar-refractivity contribution in [2.24, 2.45) is 0 Å². The second kappa shape index (κ2) is 5.35. The van der Waals surface area contributed by atoms with Gasteiger partial charge in [-0.15, -0.1) is 0 Å². The van der Waals surface area contributed by atoms with E-state index in [1.54, 1.807) is 18.2 Å². The summed E-state index contributed by atoms with van der Waals surface area (Å²) in [6.07, 6.45) is 1.36. The highest BCUT2D eigenvalue weighted by atomic mass is 79.9. The van der Waals surface area contributed by atoms with Crippen LogP contribution in [0.25, 0.3) is 0 Å². The number of carbonyl (C=O) groups excluding carboxylic acids is 1. The molecule has 0 bridgehead atoms. The average molecular weight is 313 g/mol. The Morgan fingerprint density at radius 3 is 2.83 bits per heavy atom. The second-order valence-electron chi connectivity index (χ2n) is 3.64.